The number of nitrogens with one attached hydrogen (secondary N) is 1. The van der Waals surface area contributed by atoms with Crippen molar-refractivity contribution in [2.45, 2.75) is 90.7 Å². The normalized spacial score (nSPS) is 21.8. The Hall–Kier alpha value is -0.0800. The summed E-state index contributed by atoms with van der Waals surface area (Å²) in [4.78, 5) is 0. The van der Waals surface area contributed by atoms with Gasteiger partial charge in [0.05, 0.1) is 6.10 Å². The second kappa shape index (κ2) is 10.7. The molecule has 2 nitrogen and oxygen atoms in total. The highest BCUT2D eigenvalue weighted by Crippen LogP contribution is 2.22. The van der Waals surface area contributed by atoms with Crippen molar-refractivity contribution in [3.63, 3.8) is 0 Å². The highest BCUT2D eigenvalue weighted by atomic mass is 16.5. The molecule has 0 aromatic rings. The highest BCUT2D eigenvalue weighted by molar-refractivity contribution is 4.74. The third-order valence-corrected chi connectivity index (χ3v) is 4.57. The van der Waals surface area contributed by atoms with Gasteiger partial charge in [-0.05, 0) is 57.4 Å². The molecule has 1 fully saturated rings. The van der Waals surface area contributed by atoms with Gasteiger partial charge in [0.1, 0.15) is 0 Å². The maximum Gasteiger partial charge on any atom is 0.0575 e. The molecule has 0 amide bonds. The van der Waals surface area contributed by atoms with Gasteiger partial charge in [0.2, 0.25) is 0 Å². The lowest BCUT2D eigenvalue weighted by Gasteiger charge is -2.27. The molecule has 1 saturated heterocycles. The van der Waals surface area contributed by atoms with Gasteiger partial charge in [-0.25, -0.2) is 0 Å². The minimum Gasteiger partial charge on any atom is -0.378 e. The summed E-state index contributed by atoms with van der Waals surface area (Å²) in [5.74, 6) is 0.890. The van der Waals surface area contributed by atoms with Crippen molar-refractivity contribution in [3.8, 4) is 0 Å². The molecule has 0 bridgehead atoms. The molecule has 19 heavy (non-hydrogen) atoms. The molecule has 0 spiro atoms. The summed E-state index contributed by atoms with van der Waals surface area (Å²) in [5.41, 5.74) is 0. The van der Waals surface area contributed by atoms with Gasteiger partial charge in [-0.1, -0.05) is 33.6 Å². The minimum atomic E-state index is 0.543. The van der Waals surface area contributed by atoms with Gasteiger partial charge in [-0.3, -0.25) is 0 Å². The standard InChI is InChI=1S/C17H35NO/c1-4-12-18-16(14-15(5-2)6-3)10-11-17-9-7-8-13-19-17/h15-18H,4-14H2,1-3H3. The summed E-state index contributed by atoms with van der Waals surface area (Å²) in [7, 11) is 0. The van der Waals surface area contributed by atoms with E-state index < -0.39 is 0 Å². The number of rotatable bonds is 10. The van der Waals surface area contributed by atoms with E-state index in [0.29, 0.717) is 12.1 Å². The number of hydrogen-bond donors (Lipinski definition) is 1. The fraction of sp³-hybridized carbons (Fsp3) is 1.00. The molecule has 2 atom stereocenters. The summed E-state index contributed by atoms with van der Waals surface area (Å²) in [6.45, 7) is 9.07. The Morgan fingerprint density at radius 1 is 1.16 bits per heavy atom. The minimum absolute atomic E-state index is 0.543. The van der Waals surface area contributed by atoms with Crippen LogP contribution in [0.25, 0.3) is 0 Å². The maximum atomic E-state index is 5.86. The van der Waals surface area contributed by atoms with E-state index in [4.69, 9.17) is 4.74 Å². The molecule has 1 rings (SSSR count). The molecular formula is C17H35NO. The van der Waals surface area contributed by atoms with E-state index in [1.807, 2.05) is 0 Å². The predicted molar refractivity (Wildman–Crippen MR) is 83.6 cm³/mol. The van der Waals surface area contributed by atoms with Gasteiger partial charge in [-0.15, -0.1) is 0 Å². The predicted octanol–water partition coefficient (Wildman–Crippen LogP) is 4.53. The van der Waals surface area contributed by atoms with Crippen molar-refractivity contribution >= 4 is 0 Å². The Bertz CT molecular complexity index is 197. The number of hydrogen-bond acceptors (Lipinski definition) is 2. The topological polar surface area (TPSA) is 21.3 Å². The van der Waals surface area contributed by atoms with Gasteiger partial charge in [0, 0.05) is 12.6 Å². The molecule has 0 aromatic heterocycles. The largest absolute Gasteiger partial charge is 0.378 e. The zero-order valence-corrected chi connectivity index (χ0v) is 13.4. The summed E-state index contributed by atoms with van der Waals surface area (Å²) >= 11 is 0. The lowest BCUT2D eigenvalue weighted by Crippen LogP contribution is -2.33. The smallest absolute Gasteiger partial charge is 0.0575 e. The van der Waals surface area contributed by atoms with Gasteiger partial charge in [0.15, 0.2) is 0 Å². The van der Waals surface area contributed by atoms with Crippen LogP contribution < -0.4 is 5.32 Å². The van der Waals surface area contributed by atoms with Crippen LogP contribution in [0, 0.1) is 5.92 Å². The van der Waals surface area contributed by atoms with E-state index in [1.165, 1.54) is 57.8 Å². The van der Waals surface area contributed by atoms with Gasteiger partial charge >= 0.3 is 0 Å². The van der Waals surface area contributed by atoms with Crippen molar-refractivity contribution in [3.05, 3.63) is 0 Å². The van der Waals surface area contributed by atoms with Crippen molar-refractivity contribution < 1.29 is 4.74 Å². The van der Waals surface area contributed by atoms with Crippen LogP contribution >= 0.6 is 0 Å². The van der Waals surface area contributed by atoms with Gasteiger partial charge in [-0.2, -0.15) is 0 Å². The van der Waals surface area contributed by atoms with Crippen molar-refractivity contribution in [2.75, 3.05) is 13.2 Å². The zero-order chi connectivity index (χ0) is 13.9. The molecule has 1 heterocycles. The molecule has 0 saturated carbocycles. The summed E-state index contributed by atoms with van der Waals surface area (Å²) < 4.78 is 5.86. The molecular weight excluding hydrogens is 234 g/mol. The molecule has 1 N–H and O–H groups in total. The van der Waals surface area contributed by atoms with E-state index in [9.17, 15) is 0 Å². The monoisotopic (exact) mass is 269 g/mol. The third-order valence-electron chi connectivity index (χ3n) is 4.57. The lowest BCUT2D eigenvalue weighted by atomic mass is 9.91. The Kier molecular flexibility index (Phi) is 9.54. The molecule has 2 heteroatoms. The summed E-state index contributed by atoms with van der Waals surface area (Å²) in [6.07, 6.45) is 12.2. The first-order valence-electron chi connectivity index (χ1n) is 8.65. The summed E-state index contributed by atoms with van der Waals surface area (Å²) in [6, 6.07) is 0.704. The Morgan fingerprint density at radius 3 is 2.53 bits per heavy atom. The van der Waals surface area contributed by atoms with Crippen LogP contribution in [0.5, 0.6) is 0 Å². The first-order valence-corrected chi connectivity index (χ1v) is 8.65. The van der Waals surface area contributed by atoms with E-state index in [2.05, 4.69) is 26.1 Å². The van der Waals surface area contributed by atoms with Gasteiger partial charge in [0.25, 0.3) is 0 Å². The van der Waals surface area contributed by atoms with Gasteiger partial charge < -0.3 is 10.1 Å². The van der Waals surface area contributed by atoms with Crippen LogP contribution in [0.3, 0.4) is 0 Å². The van der Waals surface area contributed by atoms with Crippen LogP contribution in [-0.4, -0.2) is 25.3 Å². The second-order valence-corrected chi connectivity index (χ2v) is 6.14. The average Bonchev–Trinajstić information content (AvgIpc) is 2.47. The van der Waals surface area contributed by atoms with E-state index >= 15 is 0 Å². The van der Waals surface area contributed by atoms with E-state index in [1.54, 1.807) is 0 Å². The number of ether oxygens (including phenoxy) is 1. The molecule has 114 valence electrons. The van der Waals surface area contributed by atoms with Crippen LogP contribution in [0.1, 0.15) is 78.6 Å². The maximum absolute atomic E-state index is 5.86. The summed E-state index contributed by atoms with van der Waals surface area (Å²) in [5, 5.41) is 3.75. The second-order valence-electron chi connectivity index (χ2n) is 6.14. The molecule has 0 aromatic carbocycles. The molecule has 0 aliphatic carbocycles. The Labute approximate surface area is 120 Å². The third kappa shape index (κ3) is 7.31. The van der Waals surface area contributed by atoms with Crippen LogP contribution in [0.2, 0.25) is 0 Å². The fourth-order valence-corrected chi connectivity index (χ4v) is 3.10. The van der Waals surface area contributed by atoms with E-state index in [-0.39, 0.29) is 0 Å². The highest BCUT2D eigenvalue weighted by Gasteiger charge is 2.18. The fourth-order valence-electron chi connectivity index (χ4n) is 3.10. The van der Waals surface area contributed by atoms with Crippen molar-refractivity contribution in [2.24, 2.45) is 5.92 Å². The van der Waals surface area contributed by atoms with Crippen LogP contribution in [0.15, 0.2) is 0 Å². The zero-order valence-electron chi connectivity index (χ0n) is 13.4. The van der Waals surface area contributed by atoms with Crippen LogP contribution in [-0.2, 0) is 4.74 Å². The van der Waals surface area contributed by atoms with E-state index in [0.717, 1.165) is 19.1 Å². The van der Waals surface area contributed by atoms with Crippen molar-refractivity contribution in [1.82, 2.24) is 5.32 Å². The Morgan fingerprint density at radius 2 is 1.95 bits per heavy atom. The van der Waals surface area contributed by atoms with Crippen molar-refractivity contribution in [1.29, 1.82) is 0 Å². The average molecular weight is 269 g/mol. The molecule has 1 aliphatic rings. The Balaban J connectivity index is 2.30. The first kappa shape index (κ1) is 17.0. The molecule has 1 aliphatic heterocycles. The SMILES string of the molecule is CCCNC(CCC1CCCCO1)CC(CC)CC. The quantitative estimate of drug-likeness (QED) is 0.629. The lowest BCUT2D eigenvalue weighted by molar-refractivity contribution is 0.00815. The van der Waals surface area contributed by atoms with Crippen LogP contribution in [0.4, 0.5) is 0 Å². The molecule has 2 unspecified atom stereocenters. The first-order chi connectivity index (χ1) is 9.30. The molecule has 0 radical (unpaired) electrons.